The van der Waals surface area contributed by atoms with Gasteiger partial charge in [0.15, 0.2) is 5.65 Å². The Labute approximate surface area is 118 Å². The number of non-ortho nitro benzene ring substituents is 1. The fourth-order valence-electron chi connectivity index (χ4n) is 1.88. The van der Waals surface area contributed by atoms with E-state index < -0.39 is 4.92 Å². The monoisotopic (exact) mass is 289 g/mol. The lowest BCUT2D eigenvalue weighted by atomic mass is 10.3. The first-order valence-electron chi connectivity index (χ1n) is 5.69. The highest BCUT2D eigenvalue weighted by molar-refractivity contribution is 6.33. The van der Waals surface area contributed by atoms with Gasteiger partial charge < -0.3 is 0 Å². The summed E-state index contributed by atoms with van der Waals surface area (Å²) in [6.45, 7) is 1.73. The molecular weight excluding hydrogens is 282 g/mol. The summed E-state index contributed by atoms with van der Waals surface area (Å²) < 4.78 is 1.57. The van der Waals surface area contributed by atoms with E-state index in [1.54, 1.807) is 29.9 Å². The molecule has 7 nitrogen and oxygen atoms in total. The number of nitrogens with zero attached hydrogens (tertiary/aromatic N) is 5. The zero-order chi connectivity index (χ0) is 14.3. The van der Waals surface area contributed by atoms with Crippen molar-refractivity contribution in [1.29, 1.82) is 0 Å². The maximum atomic E-state index is 10.6. The number of nitro groups is 1. The number of fused-ring (bicyclic) bond motifs is 1. The van der Waals surface area contributed by atoms with Crippen LogP contribution in [0.3, 0.4) is 0 Å². The van der Waals surface area contributed by atoms with Crippen molar-refractivity contribution in [2.75, 3.05) is 0 Å². The van der Waals surface area contributed by atoms with Crippen LogP contribution in [0.15, 0.2) is 30.5 Å². The first-order chi connectivity index (χ1) is 9.56. The van der Waals surface area contributed by atoms with Gasteiger partial charge in [-0.3, -0.25) is 10.1 Å². The van der Waals surface area contributed by atoms with Crippen LogP contribution in [0.1, 0.15) is 5.82 Å². The van der Waals surface area contributed by atoms with Gasteiger partial charge >= 0.3 is 0 Å². The number of benzene rings is 1. The Bertz CT molecular complexity index is 813. The van der Waals surface area contributed by atoms with Crippen molar-refractivity contribution in [2.45, 2.75) is 6.92 Å². The number of hydrogen-bond acceptors (Lipinski definition) is 5. The highest BCUT2D eigenvalue weighted by Crippen LogP contribution is 2.23. The Morgan fingerprint density at radius 2 is 1.95 bits per heavy atom. The summed E-state index contributed by atoms with van der Waals surface area (Å²) in [5.74, 6) is 0.533. The number of aromatic nitrogens is 4. The minimum absolute atomic E-state index is 0.0223. The molecule has 0 unspecified atom stereocenters. The molecule has 0 aliphatic heterocycles. The van der Waals surface area contributed by atoms with Gasteiger partial charge in [-0.05, 0) is 19.1 Å². The molecule has 0 amide bonds. The molecule has 0 N–H and O–H groups in total. The smallest absolute Gasteiger partial charge is 0.258 e. The van der Waals surface area contributed by atoms with Crippen LogP contribution in [0.5, 0.6) is 0 Å². The molecule has 2 heterocycles. The summed E-state index contributed by atoms with van der Waals surface area (Å²) >= 11 is 6.04. The average molecular weight is 290 g/mol. The summed E-state index contributed by atoms with van der Waals surface area (Å²) in [7, 11) is 0. The SMILES string of the molecule is Cc1nc(Cl)c2cnn(-c3ccc([N+](=O)[O-])cc3)c2n1. The largest absolute Gasteiger partial charge is 0.269 e. The molecule has 0 aliphatic rings. The Kier molecular flexibility index (Phi) is 2.83. The van der Waals surface area contributed by atoms with E-state index in [4.69, 9.17) is 11.6 Å². The molecule has 20 heavy (non-hydrogen) atoms. The molecule has 2 aromatic heterocycles. The van der Waals surface area contributed by atoms with Gasteiger partial charge in [0.25, 0.3) is 5.69 Å². The molecule has 0 radical (unpaired) electrons. The molecule has 3 rings (SSSR count). The molecule has 0 saturated carbocycles. The lowest BCUT2D eigenvalue weighted by molar-refractivity contribution is -0.384. The number of aryl methyl sites for hydroxylation is 1. The van der Waals surface area contributed by atoms with Crippen LogP contribution in [0, 0.1) is 17.0 Å². The van der Waals surface area contributed by atoms with Crippen molar-refractivity contribution in [3.8, 4) is 5.69 Å². The highest BCUT2D eigenvalue weighted by Gasteiger charge is 2.12. The van der Waals surface area contributed by atoms with Gasteiger partial charge in [-0.1, -0.05) is 11.6 Å². The van der Waals surface area contributed by atoms with Gasteiger partial charge in [0.2, 0.25) is 0 Å². The van der Waals surface area contributed by atoms with E-state index in [0.29, 0.717) is 27.7 Å². The topological polar surface area (TPSA) is 86.7 Å². The summed E-state index contributed by atoms with van der Waals surface area (Å²) in [5.41, 5.74) is 1.25. The quantitative estimate of drug-likeness (QED) is 0.411. The summed E-state index contributed by atoms with van der Waals surface area (Å²) in [4.78, 5) is 18.6. The predicted molar refractivity (Wildman–Crippen MR) is 73.1 cm³/mol. The van der Waals surface area contributed by atoms with Crippen molar-refractivity contribution in [2.24, 2.45) is 0 Å². The van der Waals surface area contributed by atoms with E-state index in [1.165, 1.54) is 12.1 Å². The van der Waals surface area contributed by atoms with E-state index >= 15 is 0 Å². The maximum absolute atomic E-state index is 10.6. The lowest BCUT2D eigenvalue weighted by Gasteiger charge is -2.03. The molecule has 3 aromatic rings. The fourth-order valence-corrected chi connectivity index (χ4v) is 2.14. The highest BCUT2D eigenvalue weighted by atomic mass is 35.5. The fraction of sp³-hybridized carbons (Fsp3) is 0.0833. The van der Waals surface area contributed by atoms with Crippen molar-refractivity contribution in [3.63, 3.8) is 0 Å². The van der Waals surface area contributed by atoms with Crippen LogP contribution >= 0.6 is 11.6 Å². The van der Waals surface area contributed by atoms with Crippen LogP contribution in [-0.4, -0.2) is 24.7 Å². The van der Waals surface area contributed by atoms with E-state index in [0.717, 1.165) is 0 Å². The normalized spacial score (nSPS) is 10.9. The maximum Gasteiger partial charge on any atom is 0.269 e. The van der Waals surface area contributed by atoms with Gasteiger partial charge in [-0.15, -0.1) is 0 Å². The Balaban J connectivity index is 2.17. The number of rotatable bonds is 2. The Hall–Kier alpha value is -2.54. The van der Waals surface area contributed by atoms with Crippen LogP contribution in [0.2, 0.25) is 5.15 Å². The minimum Gasteiger partial charge on any atom is -0.258 e. The molecule has 0 aliphatic carbocycles. The van der Waals surface area contributed by atoms with E-state index in [1.807, 2.05) is 0 Å². The molecule has 0 bridgehead atoms. The third-order valence-electron chi connectivity index (χ3n) is 2.80. The summed E-state index contributed by atoms with van der Waals surface area (Å²) in [5, 5.41) is 15.8. The van der Waals surface area contributed by atoms with E-state index in [2.05, 4.69) is 15.1 Å². The third kappa shape index (κ3) is 1.97. The minimum atomic E-state index is -0.450. The molecule has 0 saturated heterocycles. The van der Waals surface area contributed by atoms with Crippen molar-refractivity contribution < 1.29 is 4.92 Å². The van der Waals surface area contributed by atoms with Crippen molar-refractivity contribution in [3.05, 3.63) is 51.6 Å². The zero-order valence-electron chi connectivity index (χ0n) is 10.3. The van der Waals surface area contributed by atoms with Gasteiger partial charge in [-0.25, -0.2) is 14.6 Å². The van der Waals surface area contributed by atoms with Gasteiger partial charge in [0, 0.05) is 12.1 Å². The molecular formula is C12H8ClN5O2. The predicted octanol–water partition coefficient (Wildman–Crippen LogP) is 2.69. The van der Waals surface area contributed by atoms with Crippen molar-refractivity contribution in [1.82, 2.24) is 19.7 Å². The molecule has 100 valence electrons. The summed E-state index contributed by atoms with van der Waals surface area (Å²) in [6, 6.07) is 6.04. The molecule has 1 aromatic carbocycles. The standard InChI is InChI=1S/C12H8ClN5O2/c1-7-15-11(13)10-6-14-17(12(10)16-7)8-2-4-9(5-3-8)18(19)20/h2-6H,1H3. The Morgan fingerprint density at radius 3 is 2.60 bits per heavy atom. The van der Waals surface area contributed by atoms with E-state index in [-0.39, 0.29) is 5.69 Å². The van der Waals surface area contributed by atoms with Crippen LogP contribution < -0.4 is 0 Å². The van der Waals surface area contributed by atoms with Crippen LogP contribution in [0.25, 0.3) is 16.7 Å². The first-order valence-corrected chi connectivity index (χ1v) is 6.07. The third-order valence-corrected chi connectivity index (χ3v) is 3.09. The second kappa shape index (κ2) is 4.53. The second-order valence-corrected chi connectivity index (χ2v) is 4.49. The number of hydrogen-bond donors (Lipinski definition) is 0. The van der Waals surface area contributed by atoms with E-state index in [9.17, 15) is 10.1 Å². The number of nitro benzene ring substituents is 1. The average Bonchev–Trinajstić information content (AvgIpc) is 2.82. The second-order valence-electron chi connectivity index (χ2n) is 4.13. The number of halogens is 1. The van der Waals surface area contributed by atoms with Gasteiger partial charge in [0.1, 0.15) is 11.0 Å². The van der Waals surface area contributed by atoms with Crippen LogP contribution in [0.4, 0.5) is 5.69 Å². The lowest BCUT2D eigenvalue weighted by Crippen LogP contribution is -1.99. The molecule has 8 heteroatoms. The molecule has 0 spiro atoms. The van der Waals surface area contributed by atoms with Crippen LogP contribution in [-0.2, 0) is 0 Å². The Morgan fingerprint density at radius 1 is 1.25 bits per heavy atom. The van der Waals surface area contributed by atoms with Crippen molar-refractivity contribution >= 4 is 28.3 Å². The molecule has 0 atom stereocenters. The summed E-state index contributed by atoms with van der Waals surface area (Å²) in [6.07, 6.45) is 1.57. The first kappa shape index (κ1) is 12.5. The molecule has 0 fully saturated rings. The van der Waals surface area contributed by atoms with Gasteiger partial charge in [-0.2, -0.15) is 5.10 Å². The van der Waals surface area contributed by atoms with Gasteiger partial charge in [0.05, 0.1) is 22.2 Å². The zero-order valence-corrected chi connectivity index (χ0v) is 11.1.